The maximum atomic E-state index is 9.70. The molecule has 1 aromatic heterocycles. The van der Waals surface area contributed by atoms with Gasteiger partial charge in [-0.05, 0) is 44.1 Å². The van der Waals surface area contributed by atoms with Crippen LogP contribution in [0.3, 0.4) is 0 Å². The van der Waals surface area contributed by atoms with E-state index in [2.05, 4.69) is 36.6 Å². The zero-order chi connectivity index (χ0) is 13.1. The van der Waals surface area contributed by atoms with Crippen molar-refractivity contribution in [2.24, 2.45) is 5.10 Å². The summed E-state index contributed by atoms with van der Waals surface area (Å²) in [6, 6.07) is 3.22. The van der Waals surface area contributed by atoms with E-state index < -0.39 is 0 Å². The first-order chi connectivity index (χ1) is 8.61. The summed E-state index contributed by atoms with van der Waals surface area (Å²) in [5.41, 5.74) is 6.08. The number of methoxy groups -OCH3 is 1. The average Bonchev–Trinajstić information content (AvgIpc) is 2.72. The van der Waals surface area contributed by atoms with Crippen LogP contribution in [0.2, 0.25) is 0 Å². The Kier molecular flexibility index (Phi) is 3.42. The van der Waals surface area contributed by atoms with Gasteiger partial charge in [0, 0.05) is 0 Å². The summed E-state index contributed by atoms with van der Waals surface area (Å²) in [6.07, 6.45) is 1.46. The molecule has 0 saturated heterocycles. The van der Waals surface area contributed by atoms with Gasteiger partial charge in [-0.1, -0.05) is 9.89 Å². The summed E-state index contributed by atoms with van der Waals surface area (Å²) in [7, 11) is 1.47. The smallest absolute Gasteiger partial charge is 0.263 e. The number of aromatic hydroxyl groups is 1. The topological polar surface area (TPSA) is 111 Å². The Hall–Kier alpha value is -2.16. The Morgan fingerprint density at radius 3 is 2.89 bits per heavy atom. The normalized spacial score (nSPS) is 11.0. The van der Waals surface area contributed by atoms with Gasteiger partial charge in [0.2, 0.25) is 0 Å². The van der Waals surface area contributed by atoms with Crippen molar-refractivity contribution in [2.75, 3.05) is 12.8 Å². The maximum Gasteiger partial charge on any atom is 0.263 e. The lowest BCUT2D eigenvalue weighted by Gasteiger charge is -2.06. The predicted octanol–water partition coefficient (Wildman–Crippen LogP) is 0.614. The highest BCUT2D eigenvalue weighted by atomic mass is 79.9. The van der Waals surface area contributed by atoms with E-state index in [9.17, 15) is 5.11 Å². The van der Waals surface area contributed by atoms with Crippen LogP contribution in [0.5, 0.6) is 11.5 Å². The monoisotopic (exact) mass is 312 g/mol. The van der Waals surface area contributed by atoms with E-state index in [0.717, 1.165) is 4.79 Å². The summed E-state index contributed by atoms with van der Waals surface area (Å²) in [4.78, 5) is 1.06. The Balaban J connectivity index is 2.31. The largest absolute Gasteiger partial charge is 0.504 e. The molecule has 18 heavy (non-hydrogen) atoms. The maximum absolute atomic E-state index is 9.70. The molecule has 9 heteroatoms. The Bertz CT molecular complexity index is 573. The number of rotatable bonds is 3. The number of hydrogen-bond acceptors (Lipinski definition) is 7. The molecule has 0 unspecified atom stereocenters. The molecule has 0 saturated carbocycles. The molecular formula is C9H9BrN6O2. The van der Waals surface area contributed by atoms with Crippen LogP contribution in [0, 0.1) is 0 Å². The first-order valence-corrected chi connectivity index (χ1v) is 5.56. The molecule has 2 rings (SSSR count). The molecule has 0 bridgehead atoms. The molecule has 8 nitrogen and oxygen atoms in total. The third-order valence-corrected chi connectivity index (χ3v) is 2.63. The van der Waals surface area contributed by atoms with Gasteiger partial charge < -0.3 is 15.6 Å². The second-order valence-electron chi connectivity index (χ2n) is 3.23. The van der Waals surface area contributed by atoms with Gasteiger partial charge in [0.15, 0.2) is 11.5 Å². The second kappa shape index (κ2) is 5.00. The minimum atomic E-state index is -0.00184. The number of phenolic OH excluding ortho intramolecular Hbond substituents is 1. The van der Waals surface area contributed by atoms with Crippen LogP contribution in [0.15, 0.2) is 21.7 Å². The first kappa shape index (κ1) is 12.3. The lowest BCUT2D eigenvalue weighted by molar-refractivity contribution is 0.371. The van der Waals surface area contributed by atoms with Crippen LogP contribution in [-0.2, 0) is 0 Å². The number of nitrogen functional groups attached to an aromatic ring is 1. The molecule has 0 aliphatic rings. The van der Waals surface area contributed by atoms with E-state index in [4.69, 9.17) is 10.5 Å². The molecule has 0 amide bonds. The molecule has 94 valence electrons. The molecule has 0 aliphatic carbocycles. The van der Waals surface area contributed by atoms with Crippen molar-refractivity contribution < 1.29 is 9.84 Å². The highest BCUT2D eigenvalue weighted by molar-refractivity contribution is 9.10. The third kappa shape index (κ3) is 2.40. The molecule has 0 spiro atoms. The van der Waals surface area contributed by atoms with E-state index in [1.165, 1.54) is 19.4 Å². The Morgan fingerprint density at radius 2 is 2.33 bits per heavy atom. The number of tetrazole rings is 1. The van der Waals surface area contributed by atoms with E-state index in [-0.39, 0.29) is 11.7 Å². The van der Waals surface area contributed by atoms with E-state index in [1.807, 2.05) is 0 Å². The quantitative estimate of drug-likeness (QED) is 0.803. The molecule has 1 heterocycles. The lowest BCUT2D eigenvalue weighted by atomic mass is 10.2. The number of phenols is 1. The van der Waals surface area contributed by atoms with Crippen LogP contribution in [0.25, 0.3) is 0 Å². The zero-order valence-electron chi connectivity index (χ0n) is 9.28. The van der Waals surface area contributed by atoms with Gasteiger partial charge >= 0.3 is 0 Å². The first-order valence-electron chi connectivity index (χ1n) is 4.76. The van der Waals surface area contributed by atoms with Gasteiger partial charge in [0.1, 0.15) is 0 Å². The molecule has 2 aromatic rings. The molecule has 0 atom stereocenters. The van der Waals surface area contributed by atoms with Crippen molar-refractivity contribution in [1.29, 1.82) is 0 Å². The second-order valence-corrected chi connectivity index (χ2v) is 4.08. The fourth-order valence-corrected chi connectivity index (χ4v) is 1.90. The number of benzene rings is 1. The van der Waals surface area contributed by atoms with Crippen LogP contribution in [0.4, 0.5) is 5.95 Å². The minimum absolute atomic E-state index is 0.00184. The summed E-state index contributed by atoms with van der Waals surface area (Å²) in [5, 5.41) is 24.0. The number of anilines is 1. The number of hydrogen-bond donors (Lipinski definition) is 2. The molecule has 1 aromatic carbocycles. The summed E-state index contributed by atoms with van der Waals surface area (Å²) in [5.74, 6) is 0.426. The van der Waals surface area contributed by atoms with Crippen LogP contribution >= 0.6 is 15.9 Å². The van der Waals surface area contributed by atoms with Crippen molar-refractivity contribution in [1.82, 2.24) is 20.3 Å². The standard InChI is InChI=1S/C9H9BrN6O2/c1-18-8-6(10)2-5(3-7(8)17)4-12-16-9(11)13-14-15-16/h2-4,17H,1H3,(H2,11,13,15)/b12-4-. The Labute approximate surface area is 110 Å². The Morgan fingerprint density at radius 1 is 1.56 bits per heavy atom. The molecular weight excluding hydrogens is 304 g/mol. The summed E-state index contributed by atoms with van der Waals surface area (Å²) < 4.78 is 5.61. The fraction of sp³-hybridized carbons (Fsp3) is 0.111. The summed E-state index contributed by atoms with van der Waals surface area (Å²) in [6.45, 7) is 0. The molecule has 0 aliphatic heterocycles. The number of nitrogens with zero attached hydrogens (tertiary/aromatic N) is 5. The van der Waals surface area contributed by atoms with E-state index >= 15 is 0 Å². The minimum Gasteiger partial charge on any atom is -0.504 e. The average molecular weight is 313 g/mol. The van der Waals surface area contributed by atoms with Crippen molar-refractivity contribution in [3.8, 4) is 11.5 Å². The third-order valence-electron chi connectivity index (χ3n) is 2.04. The van der Waals surface area contributed by atoms with Crippen LogP contribution in [-0.4, -0.2) is 38.7 Å². The lowest BCUT2D eigenvalue weighted by Crippen LogP contribution is -1.99. The molecule has 3 N–H and O–H groups in total. The van der Waals surface area contributed by atoms with Gasteiger partial charge in [0.05, 0.1) is 17.8 Å². The van der Waals surface area contributed by atoms with Crippen molar-refractivity contribution in [3.05, 3.63) is 22.2 Å². The molecule has 0 fully saturated rings. The van der Waals surface area contributed by atoms with E-state index in [1.54, 1.807) is 6.07 Å². The molecule has 0 radical (unpaired) electrons. The van der Waals surface area contributed by atoms with Gasteiger partial charge in [-0.25, -0.2) is 0 Å². The number of aromatic nitrogens is 4. The summed E-state index contributed by atoms with van der Waals surface area (Å²) >= 11 is 3.27. The fourth-order valence-electron chi connectivity index (χ4n) is 1.27. The van der Waals surface area contributed by atoms with Gasteiger partial charge in [-0.15, -0.1) is 0 Å². The van der Waals surface area contributed by atoms with Gasteiger partial charge in [0.25, 0.3) is 5.95 Å². The SMILES string of the molecule is COc1c(O)cc(/C=N\n2nnnc2N)cc1Br. The van der Waals surface area contributed by atoms with Crippen molar-refractivity contribution in [3.63, 3.8) is 0 Å². The predicted molar refractivity (Wildman–Crippen MR) is 67.6 cm³/mol. The zero-order valence-corrected chi connectivity index (χ0v) is 10.9. The van der Waals surface area contributed by atoms with E-state index in [0.29, 0.717) is 15.8 Å². The van der Waals surface area contributed by atoms with Gasteiger partial charge in [-0.3, -0.25) is 0 Å². The van der Waals surface area contributed by atoms with Crippen LogP contribution < -0.4 is 10.5 Å². The number of nitrogens with two attached hydrogens (primary N) is 1. The highest BCUT2D eigenvalue weighted by Gasteiger charge is 2.08. The van der Waals surface area contributed by atoms with Crippen molar-refractivity contribution >= 4 is 28.1 Å². The van der Waals surface area contributed by atoms with Gasteiger partial charge in [-0.2, -0.15) is 5.10 Å². The highest BCUT2D eigenvalue weighted by Crippen LogP contribution is 2.34. The van der Waals surface area contributed by atoms with Crippen molar-refractivity contribution in [2.45, 2.75) is 0 Å². The number of ether oxygens (including phenoxy) is 1. The van der Waals surface area contributed by atoms with Crippen LogP contribution in [0.1, 0.15) is 5.56 Å². The number of halogens is 1.